The van der Waals surface area contributed by atoms with Crippen LogP contribution in [0.4, 0.5) is 0 Å². The lowest BCUT2D eigenvalue weighted by Crippen LogP contribution is -2.37. The maximum Gasteiger partial charge on any atom is 0.241 e. The van der Waals surface area contributed by atoms with Crippen molar-refractivity contribution in [3.63, 3.8) is 0 Å². The summed E-state index contributed by atoms with van der Waals surface area (Å²) in [6.45, 7) is 4.17. The fourth-order valence-electron chi connectivity index (χ4n) is 3.11. The predicted molar refractivity (Wildman–Crippen MR) is 86.4 cm³/mol. The third-order valence-corrected chi connectivity index (χ3v) is 6.99. The number of rotatable bonds is 5. The Morgan fingerprint density at radius 1 is 1.38 bits per heavy atom. The standard InChI is InChI=1S/C15H22BrNO3S/c1-3-12-5-6-14(10(12)2)17-21(19,20)15-7-4-11(9-18)8-13(15)16/h4,7-8,10,12,14,17-18H,3,5-6,9H2,1-2H3. The molecule has 1 aromatic rings. The van der Waals surface area contributed by atoms with E-state index in [1.165, 1.54) is 6.07 Å². The van der Waals surface area contributed by atoms with Crippen molar-refractivity contribution in [2.24, 2.45) is 11.8 Å². The van der Waals surface area contributed by atoms with Crippen molar-refractivity contribution >= 4 is 26.0 Å². The highest BCUT2D eigenvalue weighted by Gasteiger charge is 2.34. The van der Waals surface area contributed by atoms with Gasteiger partial charge < -0.3 is 5.11 Å². The Hall–Kier alpha value is -0.430. The van der Waals surface area contributed by atoms with Crippen LogP contribution in [-0.4, -0.2) is 19.6 Å². The molecule has 3 unspecified atom stereocenters. The zero-order valence-electron chi connectivity index (χ0n) is 12.3. The first-order valence-corrected chi connectivity index (χ1v) is 9.58. The molecule has 1 aliphatic rings. The molecule has 1 fully saturated rings. The van der Waals surface area contributed by atoms with Crippen molar-refractivity contribution in [3.8, 4) is 0 Å². The van der Waals surface area contributed by atoms with Crippen LogP contribution in [-0.2, 0) is 16.6 Å². The molecule has 0 saturated heterocycles. The molecule has 118 valence electrons. The summed E-state index contributed by atoms with van der Waals surface area (Å²) in [6.07, 6.45) is 3.06. The summed E-state index contributed by atoms with van der Waals surface area (Å²) >= 11 is 3.28. The number of benzene rings is 1. The molecule has 0 bridgehead atoms. The highest BCUT2D eigenvalue weighted by molar-refractivity contribution is 9.10. The summed E-state index contributed by atoms with van der Waals surface area (Å²) in [5.74, 6) is 0.957. The molecule has 2 rings (SSSR count). The van der Waals surface area contributed by atoms with Gasteiger partial charge in [0.2, 0.25) is 10.0 Å². The van der Waals surface area contributed by atoms with E-state index in [1.54, 1.807) is 12.1 Å². The van der Waals surface area contributed by atoms with Gasteiger partial charge >= 0.3 is 0 Å². The van der Waals surface area contributed by atoms with Crippen LogP contribution in [0.2, 0.25) is 0 Å². The molecule has 1 aromatic carbocycles. The minimum absolute atomic E-state index is 0.00404. The quantitative estimate of drug-likeness (QED) is 0.830. The highest BCUT2D eigenvalue weighted by Crippen LogP contribution is 2.35. The lowest BCUT2D eigenvalue weighted by atomic mass is 9.94. The van der Waals surface area contributed by atoms with E-state index < -0.39 is 10.0 Å². The van der Waals surface area contributed by atoms with E-state index in [-0.39, 0.29) is 17.5 Å². The second-order valence-electron chi connectivity index (χ2n) is 5.76. The molecular formula is C15H22BrNO3S. The zero-order valence-corrected chi connectivity index (χ0v) is 14.7. The first kappa shape index (κ1) is 16.9. The van der Waals surface area contributed by atoms with Gasteiger partial charge in [0, 0.05) is 10.5 Å². The average molecular weight is 376 g/mol. The summed E-state index contributed by atoms with van der Waals surface area (Å²) < 4.78 is 28.4. The van der Waals surface area contributed by atoms with Crippen LogP contribution >= 0.6 is 15.9 Å². The van der Waals surface area contributed by atoms with E-state index >= 15 is 0 Å². The van der Waals surface area contributed by atoms with Crippen LogP contribution in [0.25, 0.3) is 0 Å². The lowest BCUT2D eigenvalue weighted by Gasteiger charge is -2.21. The monoisotopic (exact) mass is 375 g/mol. The third-order valence-electron chi connectivity index (χ3n) is 4.53. The first-order valence-electron chi connectivity index (χ1n) is 7.30. The summed E-state index contributed by atoms with van der Waals surface area (Å²) in [5.41, 5.74) is 0.682. The molecule has 4 nitrogen and oxygen atoms in total. The van der Waals surface area contributed by atoms with Crippen LogP contribution < -0.4 is 4.72 Å². The van der Waals surface area contributed by atoms with Gasteiger partial charge in [0.15, 0.2) is 0 Å². The molecule has 0 aromatic heterocycles. The average Bonchev–Trinajstić information content (AvgIpc) is 2.78. The van der Waals surface area contributed by atoms with Gasteiger partial charge in [-0.3, -0.25) is 0 Å². The first-order chi connectivity index (χ1) is 9.89. The minimum Gasteiger partial charge on any atom is -0.392 e. The third kappa shape index (κ3) is 3.67. The molecule has 0 radical (unpaired) electrons. The van der Waals surface area contributed by atoms with Crippen molar-refractivity contribution in [1.29, 1.82) is 0 Å². The fourth-order valence-corrected chi connectivity index (χ4v) is 5.60. The van der Waals surface area contributed by atoms with Crippen molar-refractivity contribution in [1.82, 2.24) is 4.72 Å². The molecule has 0 heterocycles. The molecule has 0 amide bonds. The molecule has 0 aliphatic heterocycles. The number of halogens is 1. The molecule has 0 spiro atoms. The second kappa shape index (κ2) is 6.77. The van der Waals surface area contributed by atoms with Crippen LogP contribution in [0.5, 0.6) is 0 Å². The Balaban J connectivity index is 2.19. The van der Waals surface area contributed by atoms with Gasteiger partial charge in [-0.25, -0.2) is 13.1 Å². The van der Waals surface area contributed by atoms with Crippen molar-refractivity contribution in [2.75, 3.05) is 0 Å². The minimum atomic E-state index is -3.54. The maximum absolute atomic E-state index is 12.5. The zero-order chi connectivity index (χ0) is 15.6. The van der Waals surface area contributed by atoms with Crippen molar-refractivity contribution in [2.45, 2.75) is 50.7 Å². The molecule has 3 atom stereocenters. The number of hydrogen-bond acceptors (Lipinski definition) is 3. The number of sulfonamides is 1. The topological polar surface area (TPSA) is 66.4 Å². The van der Waals surface area contributed by atoms with Gasteiger partial charge in [0.25, 0.3) is 0 Å². The normalized spacial score (nSPS) is 26.2. The fraction of sp³-hybridized carbons (Fsp3) is 0.600. The Kier molecular flexibility index (Phi) is 5.46. The van der Waals surface area contributed by atoms with Crippen molar-refractivity contribution in [3.05, 3.63) is 28.2 Å². The van der Waals surface area contributed by atoms with Crippen molar-refractivity contribution < 1.29 is 13.5 Å². The summed E-state index contributed by atoms with van der Waals surface area (Å²) in [4.78, 5) is 0.229. The van der Waals surface area contributed by atoms with Gasteiger partial charge in [0.1, 0.15) is 0 Å². The van der Waals surface area contributed by atoms with Crippen LogP contribution in [0.1, 0.15) is 38.7 Å². The molecule has 1 saturated carbocycles. The molecule has 2 N–H and O–H groups in total. The summed E-state index contributed by atoms with van der Waals surface area (Å²) in [7, 11) is -3.54. The van der Waals surface area contributed by atoms with E-state index in [1.807, 2.05) is 0 Å². The van der Waals surface area contributed by atoms with E-state index in [2.05, 4.69) is 34.5 Å². The molecule has 6 heteroatoms. The number of aliphatic hydroxyl groups excluding tert-OH is 1. The summed E-state index contributed by atoms with van der Waals surface area (Å²) in [6, 6.07) is 4.81. The Morgan fingerprint density at radius 2 is 2.10 bits per heavy atom. The lowest BCUT2D eigenvalue weighted by molar-refractivity contribution is 0.281. The second-order valence-corrected chi connectivity index (χ2v) is 8.29. The van der Waals surface area contributed by atoms with Gasteiger partial charge in [0.05, 0.1) is 11.5 Å². The SMILES string of the molecule is CCC1CCC(NS(=O)(=O)c2ccc(CO)cc2Br)C1C. The van der Waals surface area contributed by atoms with E-state index in [9.17, 15) is 8.42 Å². The van der Waals surface area contributed by atoms with Gasteiger partial charge in [-0.15, -0.1) is 0 Å². The Labute approximate surface area is 135 Å². The Bertz CT molecular complexity index is 603. The highest BCUT2D eigenvalue weighted by atomic mass is 79.9. The summed E-state index contributed by atoms with van der Waals surface area (Å²) in [5, 5.41) is 9.09. The Morgan fingerprint density at radius 3 is 2.62 bits per heavy atom. The van der Waals surface area contributed by atoms with Crippen LogP contribution in [0.3, 0.4) is 0 Å². The molecule has 1 aliphatic carbocycles. The smallest absolute Gasteiger partial charge is 0.241 e. The van der Waals surface area contributed by atoms with E-state index in [4.69, 9.17) is 5.11 Å². The van der Waals surface area contributed by atoms with E-state index in [0.717, 1.165) is 19.3 Å². The van der Waals surface area contributed by atoms with E-state index in [0.29, 0.717) is 21.9 Å². The molecule has 21 heavy (non-hydrogen) atoms. The number of hydrogen-bond donors (Lipinski definition) is 2. The van der Waals surface area contributed by atoms with Gasteiger partial charge in [-0.2, -0.15) is 0 Å². The van der Waals surface area contributed by atoms with Crippen LogP contribution in [0, 0.1) is 11.8 Å². The number of aliphatic hydroxyl groups is 1. The van der Waals surface area contributed by atoms with Gasteiger partial charge in [-0.1, -0.05) is 26.3 Å². The van der Waals surface area contributed by atoms with Gasteiger partial charge in [-0.05, 0) is 58.3 Å². The largest absolute Gasteiger partial charge is 0.392 e. The maximum atomic E-state index is 12.5. The number of nitrogens with one attached hydrogen (secondary N) is 1. The molecular weight excluding hydrogens is 354 g/mol. The van der Waals surface area contributed by atoms with Crippen LogP contribution in [0.15, 0.2) is 27.6 Å². The predicted octanol–water partition coefficient (Wildman–Crippen LogP) is 3.04.